The Labute approximate surface area is 160 Å². The van der Waals surface area contributed by atoms with Crippen molar-refractivity contribution in [2.24, 2.45) is 0 Å². The molecule has 27 heavy (non-hydrogen) atoms. The van der Waals surface area contributed by atoms with E-state index in [0.29, 0.717) is 0 Å². The predicted molar refractivity (Wildman–Crippen MR) is 113 cm³/mol. The van der Waals surface area contributed by atoms with Crippen LogP contribution in [0.1, 0.15) is 5.56 Å². The first kappa shape index (κ1) is 17.4. The van der Waals surface area contributed by atoms with Gasteiger partial charge in [-0.25, -0.2) is 0 Å². The van der Waals surface area contributed by atoms with Crippen molar-refractivity contribution in [1.29, 1.82) is 0 Å². The first-order valence-corrected chi connectivity index (χ1v) is 10.9. The quantitative estimate of drug-likeness (QED) is 0.301. The molecular formula is C24H20FNSi. The maximum Gasteiger partial charge on any atom is 0.340 e. The van der Waals surface area contributed by atoms with E-state index in [0.717, 1.165) is 32.4 Å². The lowest BCUT2D eigenvalue weighted by Crippen LogP contribution is -2.64. The third-order valence-electron chi connectivity index (χ3n) is 4.83. The fourth-order valence-corrected chi connectivity index (χ4v) is 6.77. The van der Waals surface area contributed by atoms with Crippen molar-refractivity contribution in [2.45, 2.75) is 6.92 Å². The fraction of sp³-hybridized carbons (Fsp3) is 0.0417. The number of hydrogen-bond donors (Lipinski definition) is 0. The van der Waals surface area contributed by atoms with Gasteiger partial charge in [0, 0.05) is 11.8 Å². The van der Waals surface area contributed by atoms with E-state index in [-0.39, 0.29) is 0 Å². The van der Waals surface area contributed by atoms with Crippen LogP contribution in [0.3, 0.4) is 0 Å². The second-order valence-electron chi connectivity index (χ2n) is 6.65. The molecule has 0 saturated heterocycles. The lowest BCUT2D eigenvalue weighted by molar-refractivity contribution is 0.842. The predicted octanol–water partition coefficient (Wildman–Crippen LogP) is 3.99. The van der Waals surface area contributed by atoms with Crippen LogP contribution < -0.4 is 15.6 Å². The van der Waals surface area contributed by atoms with Crippen molar-refractivity contribution in [2.75, 3.05) is 0 Å². The van der Waals surface area contributed by atoms with Gasteiger partial charge in [0.15, 0.2) is 0 Å². The Morgan fingerprint density at radius 3 is 1.85 bits per heavy atom. The minimum atomic E-state index is -3.68. The van der Waals surface area contributed by atoms with Gasteiger partial charge in [0.1, 0.15) is 0 Å². The first-order valence-electron chi connectivity index (χ1n) is 9.02. The minimum absolute atomic E-state index is 0.749. The number of benzene rings is 3. The number of aryl methyl sites for hydroxylation is 1. The van der Waals surface area contributed by atoms with Crippen molar-refractivity contribution in [3.8, 4) is 11.3 Å². The Morgan fingerprint density at radius 1 is 0.704 bits per heavy atom. The molecule has 0 aliphatic carbocycles. The summed E-state index contributed by atoms with van der Waals surface area (Å²) in [5, 5.41) is 2.25. The van der Waals surface area contributed by atoms with Crippen LogP contribution in [0.4, 0.5) is 4.11 Å². The molecule has 0 bridgehead atoms. The van der Waals surface area contributed by atoms with E-state index in [1.54, 1.807) is 6.20 Å². The first-order chi connectivity index (χ1) is 13.2. The summed E-state index contributed by atoms with van der Waals surface area (Å²) in [5.74, 6) is 0. The highest BCUT2D eigenvalue weighted by Crippen LogP contribution is 2.20. The van der Waals surface area contributed by atoms with Crippen LogP contribution in [-0.2, 0) is 0 Å². The van der Waals surface area contributed by atoms with Crippen LogP contribution >= 0.6 is 0 Å². The highest BCUT2D eigenvalue weighted by molar-refractivity contribution is 7.07. The van der Waals surface area contributed by atoms with E-state index >= 15 is 4.11 Å². The van der Waals surface area contributed by atoms with Crippen molar-refractivity contribution in [3.63, 3.8) is 0 Å². The maximum absolute atomic E-state index is 17.2. The van der Waals surface area contributed by atoms with Crippen molar-refractivity contribution >= 4 is 24.0 Å². The smallest absolute Gasteiger partial charge is 0.296 e. The Hall–Kier alpha value is -3.04. The minimum Gasteiger partial charge on any atom is -0.296 e. The zero-order valence-corrected chi connectivity index (χ0v) is 16.1. The molecule has 1 heterocycles. The summed E-state index contributed by atoms with van der Waals surface area (Å²) >= 11 is 0. The van der Waals surface area contributed by atoms with Crippen LogP contribution in [0.15, 0.2) is 103 Å². The zero-order chi connectivity index (χ0) is 18.7. The van der Waals surface area contributed by atoms with E-state index in [4.69, 9.17) is 0 Å². The van der Waals surface area contributed by atoms with E-state index in [2.05, 4.69) is 4.98 Å². The largest absolute Gasteiger partial charge is 0.340 e. The highest BCUT2D eigenvalue weighted by atomic mass is 28.4. The molecule has 1 nitrogen and oxygen atoms in total. The molecule has 3 heteroatoms. The number of pyridine rings is 1. The molecule has 0 spiro atoms. The standard InChI is InChI=1S/C24H20FNSi/c1-19-15-16-22(23-14-8-9-17-26-23)24(18-19)27(25,20-10-4-2-5-11-20)21-12-6-3-7-13-21/h2-18H,1H3. The second kappa shape index (κ2) is 7.29. The van der Waals surface area contributed by atoms with Crippen LogP contribution in [0.2, 0.25) is 0 Å². The van der Waals surface area contributed by atoms with Crippen LogP contribution in [0.5, 0.6) is 0 Å². The molecule has 0 fully saturated rings. The van der Waals surface area contributed by atoms with E-state index < -0.39 is 8.41 Å². The lowest BCUT2D eigenvalue weighted by Gasteiger charge is -2.27. The number of nitrogens with zero attached hydrogens (tertiary/aromatic N) is 1. The third-order valence-corrected chi connectivity index (χ3v) is 8.24. The molecule has 0 atom stereocenters. The SMILES string of the molecule is Cc1ccc(-c2ccccn2)c([Si](F)(c2ccccc2)c2ccccc2)c1. The molecule has 0 radical (unpaired) electrons. The molecule has 0 N–H and O–H groups in total. The maximum atomic E-state index is 17.2. The van der Waals surface area contributed by atoms with Gasteiger partial charge < -0.3 is 0 Å². The summed E-state index contributed by atoms with van der Waals surface area (Å²) in [6.07, 6.45) is 1.76. The normalized spacial score (nSPS) is 11.3. The van der Waals surface area contributed by atoms with E-state index in [1.165, 1.54) is 0 Å². The zero-order valence-electron chi connectivity index (χ0n) is 15.1. The summed E-state index contributed by atoms with van der Waals surface area (Å²) in [5.41, 5.74) is 2.71. The summed E-state index contributed by atoms with van der Waals surface area (Å²) in [7, 11) is -3.68. The van der Waals surface area contributed by atoms with E-state index in [1.807, 2.05) is 104 Å². The van der Waals surface area contributed by atoms with Gasteiger partial charge in [-0.3, -0.25) is 9.09 Å². The molecule has 3 aromatic carbocycles. The lowest BCUT2D eigenvalue weighted by atomic mass is 10.1. The average Bonchev–Trinajstić information content (AvgIpc) is 2.75. The molecule has 0 saturated carbocycles. The molecule has 1 aromatic heterocycles. The Bertz CT molecular complexity index is 994. The van der Waals surface area contributed by atoms with Gasteiger partial charge in [-0.1, -0.05) is 90.5 Å². The van der Waals surface area contributed by atoms with E-state index in [9.17, 15) is 0 Å². The van der Waals surface area contributed by atoms with Crippen LogP contribution in [0, 0.1) is 6.92 Å². The van der Waals surface area contributed by atoms with Crippen molar-refractivity contribution < 1.29 is 4.11 Å². The fourth-order valence-electron chi connectivity index (χ4n) is 3.50. The topological polar surface area (TPSA) is 12.9 Å². The van der Waals surface area contributed by atoms with Gasteiger partial charge in [0.2, 0.25) is 0 Å². The van der Waals surface area contributed by atoms with Gasteiger partial charge in [0.05, 0.1) is 5.69 Å². The monoisotopic (exact) mass is 369 g/mol. The van der Waals surface area contributed by atoms with Crippen LogP contribution in [-0.4, -0.2) is 13.4 Å². The number of hydrogen-bond acceptors (Lipinski definition) is 1. The molecule has 0 aliphatic rings. The van der Waals surface area contributed by atoms with Gasteiger partial charge in [-0.15, -0.1) is 0 Å². The summed E-state index contributed by atoms with van der Waals surface area (Å²) in [6, 6.07) is 30.9. The molecule has 0 unspecified atom stereocenters. The third kappa shape index (κ3) is 3.22. The average molecular weight is 370 g/mol. The highest BCUT2D eigenvalue weighted by Gasteiger charge is 2.43. The molecule has 4 rings (SSSR count). The molecule has 0 amide bonds. The van der Waals surface area contributed by atoms with Crippen molar-refractivity contribution in [3.05, 3.63) is 109 Å². The molecule has 4 aromatic rings. The molecule has 132 valence electrons. The number of aromatic nitrogens is 1. The number of halogens is 1. The summed E-state index contributed by atoms with van der Waals surface area (Å²) in [6.45, 7) is 2.01. The Balaban J connectivity index is 2.04. The van der Waals surface area contributed by atoms with Gasteiger partial charge in [0.25, 0.3) is 0 Å². The van der Waals surface area contributed by atoms with Gasteiger partial charge >= 0.3 is 8.41 Å². The number of rotatable bonds is 4. The second-order valence-corrected chi connectivity index (χ2v) is 9.66. The summed E-state index contributed by atoms with van der Waals surface area (Å²) < 4.78 is 17.2. The van der Waals surface area contributed by atoms with Gasteiger partial charge in [-0.2, -0.15) is 0 Å². The molecule has 0 aliphatic heterocycles. The Morgan fingerprint density at radius 2 is 1.30 bits per heavy atom. The molecular weight excluding hydrogens is 349 g/mol. The van der Waals surface area contributed by atoms with Crippen molar-refractivity contribution in [1.82, 2.24) is 4.98 Å². The summed E-state index contributed by atoms with van der Waals surface area (Å²) in [4.78, 5) is 4.50. The van der Waals surface area contributed by atoms with Crippen LogP contribution in [0.25, 0.3) is 11.3 Å². The Kier molecular flexibility index (Phi) is 4.69. The van der Waals surface area contributed by atoms with Gasteiger partial charge in [-0.05, 0) is 34.6 Å².